The molecule has 12 heteroatoms. The molecule has 0 unspecified atom stereocenters. The van der Waals surface area contributed by atoms with Crippen LogP contribution in [0.3, 0.4) is 0 Å². The zero-order chi connectivity index (χ0) is 19.4. The maximum atomic E-state index is 14.4. The number of aliphatic carboxylic acids is 1. The van der Waals surface area contributed by atoms with Crippen LogP contribution in [-0.2, 0) is 11.3 Å². The first kappa shape index (κ1) is 18.6. The first-order chi connectivity index (χ1) is 12.9. The van der Waals surface area contributed by atoms with Crippen molar-refractivity contribution in [2.24, 2.45) is 5.73 Å². The number of hydrogen-bond acceptors (Lipinski definition) is 8. The Morgan fingerprint density at radius 2 is 2.11 bits per heavy atom. The van der Waals surface area contributed by atoms with E-state index in [2.05, 4.69) is 25.4 Å². The summed E-state index contributed by atoms with van der Waals surface area (Å²) >= 11 is 5.69. The van der Waals surface area contributed by atoms with Crippen LogP contribution in [0.15, 0.2) is 30.6 Å². The highest BCUT2D eigenvalue weighted by atomic mass is 35.5. The number of tetrazole rings is 1. The number of hydrogen-bond donors (Lipinski definition) is 2. The summed E-state index contributed by atoms with van der Waals surface area (Å²) in [6, 6.07) is 3.36. The minimum Gasteiger partial charge on any atom is -0.481 e. The molecule has 3 rings (SSSR count). The van der Waals surface area contributed by atoms with Crippen LogP contribution >= 0.6 is 11.6 Å². The summed E-state index contributed by atoms with van der Waals surface area (Å²) in [5, 5.41) is 20.6. The van der Waals surface area contributed by atoms with Crippen molar-refractivity contribution in [3.05, 3.63) is 41.4 Å². The number of carboxylic acid groups (broad SMARTS) is 1. The van der Waals surface area contributed by atoms with Crippen LogP contribution in [0, 0.1) is 5.82 Å². The van der Waals surface area contributed by atoms with E-state index in [-0.39, 0.29) is 36.1 Å². The van der Waals surface area contributed by atoms with Crippen molar-refractivity contribution in [2.75, 3.05) is 0 Å². The van der Waals surface area contributed by atoms with Gasteiger partial charge in [-0.1, -0.05) is 11.6 Å². The molecule has 0 saturated carbocycles. The molecule has 0 bridgehead atoms. The van der Waals surface area contributed by atoms with Crippen LogP contribution in [0.2, 0.25) is 5.02 Å². The Hall–Kier alpha value is -3.18. The normalized spacial score (nSPS) is 12.0. The van der Waals surface area contributed by atoms with Gasteiger partial charge in [0.05, 0.1) is 35.9 Å². The fourth-order valence-electron chi connectivity index (χ4n) is 2.13. The molecule has 0 aliphatic rings. The molecule has 27 heavy (non-hydrogen) atoms. The summed E-state index contributed by atoms with van der Waals surface area (Å²) in [5.41, 5.74) is 5.76. The predicted octanol–water partition coefficient (Wildman–Crippen LogP) is 1.52. The lowest BCUT2D eigenvalue weighted by Crippen LogP contribution is -2.30. The summed E-state index contributed by atoms with van der Waals surface area (Å²) in [5.74, 6) is -1.47. The molecule has 2 heterocycles. The molecular weight excluding hydrogens is 381 g/mol. The number of nitrogens with two attached hydrogens (primary N) is 1. The third-order valence-electron chi connectivity index (χ3n) is 3.27. The fourth-order valence-corrected chi connectivity index (χ4v) is 2.22. The van der Waals surface area contributed by atoms with Gasteiger partial charge < -0.3 is 15.6 Å². The van der Waals surface area contributed by atoms with E-state index in [1.165, 1.54) is 24.5 Å². The van der Waals surface area contributed by atoms with Crippen molar-refractivity contribution < 1.29 is 19.0 Å². The third-order valence-corrected chi connectivity index (χ3v) is 3.47. The Morgan fingerprint density at radius 3 is 2.78 bits per heavy atom. The van der Waals surface area contributed by atoms with Gasteiger partial charge in [-0.15, -0.1) is 10.2 Å². The molecule has 0 amide bonds. The first-order valence-corrected chi connectivity index (χ1v) is 7.99. The fraction of sp³-hybridized carbons (Fsp3) is 0.200. The van der Waals surface area contributed by atoms with Crippen molar-refractivity contribution in [3.8, 4) is 23.1 Å². The van der Waals surface area contributed by atoms with E-state index in [4.69, 9.17) is 27.2 Å². The number of carboxylic acids is 1. The molecular formula is C15H13ClFN7O3. The molecule has 0 spiro atoms. The summed E-state index contributed by atoms with van der Waals surface area (Å²) in [4.78, 5) is 19.5. The molecule has 0 aliphatic heterocycles. The van der Waals surface area contributed by atoms with E-state index in [1.807, 2.05) is 0 Å². The van der Waals surface area contributed by atoms with Crippen molar-refractivity contribution in [1.82, 2.24) is 30.2 Å². The molecule has 10 nitrogen and oxygen atoms in total. The van der Waals surface area contributed by atoms with Crippen molar-refractivity contribution >= 4 is 17.6 Å². The molecule has 1 atom stereocenters. The largest absolute Gasteiger partial charge is 0.481 e. The van der Waals surface area contributed by atoms with Crippen molar-refractivity contribution in [2.45, 2.75) is 19.0 Å². The molecule has 0 saturated heterocycles. The van der Waals surface area contributed by atoms with E-state index >= 15 is 0 Å². The highest BCUT2D eigenvalue weighted by Gasteiger charge is 2.15. The highest BCUT2D eigenvalue weighted by molar-refractivity contribution is 6.30. The van der Waals surface area contributed by atoms with Gasteiger partial charge in [0, 0.05) is 12.1 Å². The van der Waals surface area contributed by atoms with Gasteiger partial charge >= 0.3 is 12.0 Å². The molecule has 1 aromatic carbocycles. The van der Waals surface area contributed by atoms with Crippen LogP contribution in [0.4, 0.5) is 4.39 Å². The Bertz CT molecular complexity index is 951. The lowest BCUT2D eigenvalue weighted by Gasteiger charge is -2.06. The van der Waals surface area contributed by atoms with Crippen LogP contribution < -0.4 is 10.5 Å². The Labute approximate surface area is 156 Å². The molecule has 3 aromatic rings. The number of benzene rings is 1. The van der Waals surface area contributed by atoms with Crippen LogP contribution in [0.25, 0.3) is 11.4 Å². The number of carbonyl (C=O) groups is 1. The van der Waals surface area contributed by atoms with E-state index in [1.54, 1.807) is 0 Å². The maximum Gasteiger partial charge on any atom is 0.321 e. The van der Waals surface area contributed by atoms with E-state index in [0.29, 0.717) is 5.02 Å². The van der Waals surface area contributed by atoms with Gasteiger partial charge in [0.2, 0.25) is 5.82 Å². The van der Waals surface area contributed by atoms with Gasteiger partial charge in [0.1, 0.15) is 11.6 Å². The van der Waals surface area contributed by atoms with Gasteiger partial charge in [-0.2, -0.15) is 4.80 Å². The lowest BCUT2D eigenvalue weighted by molar-refractivity contribution is -0.137. The van der Waals surface area contributed by atoms with Gasteiger partial charge in [-0.05, 0) is 17.3 Å². The molecule has 140 valence electrons. The monoisotopic (exact) mass is 393 g/mol. The smallest absolute Gasteiger partial charge is 0.321 e. The number of aromatic nitrogens is 6. The number of nitrogens with zero attached hydrogens (tertiary/aromatic N) is 6. The van der Waals surface area contributed by atoms with Crippen molar-refractivity contribution in [3.63, 3.8) is 0 Å². The van der Waals surface area contributed by atoms with Crippen molar-refractivity contribution in [1.29, 1.82) is 0 Å². The van der Waals surface area contributed by atoms with Gasteiger partial charge in [-0.3, -0.25) is 4.79 Å². The second-order valence-corrected chi connectivity index (χ2v) is 5.89. The van der Waals surface area contributed by atoms with Gasteiger partial charge in [0.25, 0.3) is 0 Å². The van der Waals surface area contributed by atoms with Crippen LogP contribution in [0.5, 0.6) is 11.8 Å². The third kappa shape index (κ3) is 4.92. The van der Waals surface area contributed by atoms with Crippen LogP contribution in [-0.4, -0.2) is 47.3 Å². The second-order valence-electron chi connectivity index (χ2n) is 5.45. The Kier molecular flexibility index (Phi) is 5.52. The number of ether oxygens (including phenoxy) is 1. The highest BCUT2D eigenvalue weighted by Crippen LogP contribution is 2.25. The summed E-state index contributed by atoms with van der Waals surface area (Å²) in [6.07, 6.45) is 2.46. The van der Waals surface area contributed by atoms with E-state index < -0.39 is 17.8 Å². The predicted molar refractivity (Wildman–Crippen MR) is 90.6 cm³/mol. The standard InChI is InChI=1S/C15H13ClFN7O3/c16-8-5-19-15(20-6-8)27-10-1-2-11(12(17)4-10)14-21-23-24(22-14)7-9(18)3-13(25)26/h1-2,4-6,9H,3,7,18H2,(H,25,26)/t9-/m0/s1. The zero-order valence-electron chi connectivity index (χ0n) is 13.7. The average Bonchev–Trinajstić information content (AvgIpc) is 3.04. The summed E-state index contributed by atoms with van der Waals surface area (Å²) < 4.78 is 19.7. The van der Waals surface area contributed by atoms with E-state index in [0.717, 1.165) is 10.9 Å². The molecule has 3 N–H and O–H groups in total. The summed E-state index contributed by atoms with van der Waals surface area (Å²) in [6.45, 7) is 0.0377. The average molecular weight is 394 g/mol. The zero-order valence-corrected chi connectivity index (χ0v) is 14.4. The minimum atomic E-state index is -1.03. The van der Waals surface area contributed by atoms with Crippen LogP contribution in [0.1, 0.15) is 6.42 Å². The lowest BCUT2D eigenvalue weighted by atomic mass is 10.2. The topological polar surface area (TPSA) is 142 Å². The molecule has 0 radical (unpaired) electrons. The Balaban J connectivity index is 1.72. The molecule has 0 aliphatic carbocycles. The van der Waals surface area contributed by atoms with Gasteiger partial charge in [-0.25, -0.2) is 14.4 Å². The van der Waals surface area contributed by atoms with E-state index in [9.17, 15) is 9.18 Å². The minimum absolute atomic E-state index is 0.0167. The second kappa shape index (κ2) is 8.01. The van der Waals surface area contributed by atoms with Gasteiger partial charge in [0.15, 0.2) is 0 Å². The maximum absolute atomic E-state index is 14.4. The molecule has 0 fully saturated rings. The number of rotatable bonds is 7. The SMILES string of the molecule is N[C@@H](CC(=O)O)Cn1nnc(-c2ccc(Oc3ncc(Cl)cn3)cc2F)n1. The summed E-state index contributed by atoms with van der Waals surface area (Å²) in [7, 11) is 0. The quantitative estimate of drug-likeness (QED) is 0.610. The first-order valence-electron chi connectivity index (χ1n) is 7.61. The molecule has 2 aromatic heterocycles. The Morgan fingerprint density at radius 1 is 1.37 bits per heavy atom. The number of halogens is 2.